The third-order valence-corrected chi connectivity index (χ3v) is 5.16. The highest BCUT2D eigenvalue weighted by Gasteiger charge is 2.37. The summed E-state index contributed by atoms with van der Waals surface area (Å²) in [7, 11) is 0. The summed E-state index contributed by atoms with van der Waals surface area (Å²) in [5.41, 5.74) is 3.47. The lowest BCUT2D eigenvalue weighted by molar-refractivity contribution is 0.0603. The van der Waals surface area contributed by atoms with Gasteiger partial charge in [-0.25, -0.2) is 0 Å². The van der Waals surface area contributed by atoms with E-state index in [0.29, 0.717) is 23.5 Å². The van der Waals surface area contributed by atoms with Crippen molar-refractivity contribution in [3.63, 3.8) is 0 Å². The van der Waals surface area contributed by atoms with E-state index in [1.54, 1.807) is 11.1 Å². The summed E-state index contributed by atoms with van der Waals surface area (Å²) < 4.78 is 0. The van der Waals surface area contributed by atoms with E-state index in [1.165, 1.54) is 19.4 Å². The molecule has 0 radical (unpaired) electrons. The standard InChI is InChI=1S/C18H28N2/c1-13-11-19-17(18(2,3)4)12-20(13)16-9-14-7-5-6-8-15(14)10-16/h5-8,13,16-17,19H,9-12H2,1-4H3. The largest absolute Gasteiger partial charge is 0.311 e. The molecule has 2 aliphatic rings. The van der Waals surface area contributed by atoms with Crippen LogP contribution in [0.1, 0.15) is 38.8 Å². The van der Waals surface area contributed by atoms with Gasteiger partial charge in [-0.1, -0.05) is 45.0 Å². The van der Waals surface area contributed by atoms with Gasteiger partial charge in [0, 0.05) is 31.2 Å². The smallest absolute Gasteiger partial charge is 0.0244 e. The van der Waals surface area contributed by atoms with Crippen molar-refractivity contribution < 1.29 is 0 Å². The van der Waals surface area contributed by atoms with Crippen LogP contribution in [0.15, 0.2) is 24.3 Å². The SMILES string of the molecule is CC1CNC(C(C)(C)C)CN1C1Cc2ccccc2C1. The Morgan fingerprint density at radius 3 is 2.25 bits per heavy atom. The highest BCUT2D eigenvalue weighted by atomic mass is 15.3. The molecular formula is C18H28N2. The van der Waals surface area contributed by atoms with Crippen LogP contribution in [0.4, 0.5) is 0 Å². The van der Waals surface area contributed by atoms with Crippen molar-refractivity contribution in [2.24, 2.45) is 5.41 Å². The van der Waals surface area contributed by atoms with Gasteiger partial charge in [-0.15, -0.1) is 0 Å². The summed E-state index contributed by atoms with van der Waals surface area (Å²) in [6, 6.07) is 10.9. The molecule has 3 rings (SSSR count). The highest BCUT2D eigenvalue weighted by molar-refractivity contribution is 5.33. The number of piperazine rings is 1. The van der Waals surface area contributed by atoms with Gasteiger partial charge < -0.3 is 5.32 Å². The molecule has 20 heavy (non-hydrogen) atoms. The number of benzene rings is 1. The molecule has 1 aromatic rings. The van der Waals surface area contributed by atoms with E-state index in [0.717, 1.165) is 6.54 Å². The second-order valence-corrected chi connectivity index (χ2v) is 7.70. The number of hydrogen-bond acceptors (Lipinski definition) is 2. The zero-order chi connectivity index (χ0) is 14.3. The Labute approximate surface area is 123 Å². The Morgan fingerprint density at radius 2 is 1.70 bits per heavy atom. The maximum Gasteiger partial charge on any atom is 0.0244 e. The quantitative estimate of drug-likeness (QED) is 0.845. The fourth-order valence-electron chi connectivity index (χ4n) is 3.74. The van der Waals surface area contributed by atoms with Crippen molar-refractivity contribution in [3.8, 4) is 0 Å². The summed E-state index contributed by atoms with van der Waals surface area (Å²) in [6.45, 7) is 11.7. The molecule has 2 nitrogen and oxygen atoms in total. The van der Waals surface area contributed by atoms with Gasteiger partial charge in [-0.3, -0.25) is 4.90 Å². The minimum absolute atomic E-state index is 0.337. The molecule has 110 valence electrons. The summed E-state index contributed by atoms with van der Waals surface area (Å²) in [5, 5.41) is 3.74. The first kappa shape index (κ1) is 14.1. The van der Waals surface area contributed by atoms with Gasteiger partial charge in [-0.2, -0.15) is 0 Å². The number of rotatable bonds is 1. The molecule has 2 heteroatoms. The molecule has 1 fully saturated rings. The maximum atomic E-state index is 3.74. The van der Waals surface area contributed by atoms with Crippen LogP contribution in [0.3, 0.4) is 0 Å². The molecule has 2 unspecified atom stereocenters. The van der Waals surface area contributed by atoms with E-state index < -0.39 is 0 Å². The number of nitrogens with one attached hydrogen (secondary N) is 1. The van der Waals surface area contributed by atoms with Crippen LogP contribution in [0.2, 0.25) is 0 Å². The first-order valence-corrected chi connectivity index (χ1v) is 8.01. The Kier molecular flexibility index (Phi) is 3.64. The lowest BCUT2D eigenvalue weighted by atomic mass is 9.84. The average molecular weight is 272 g/mol. The molecule has 2 atom stereocenters. The molecule has 0 spiro atoms. The molecule has 1 aliphatic carbocycles. The van der Waals surface area contributed by atoms with Crippen molar-refractivity contribution in [1.82, 2.24) is 10.2 Å². The molecule has 0 aromatic heterocycles. The zero-order valence-corrected chi connectivity index (χ0v) is 13.3. The minimum atomic E-state index is 0.337. The molecule has 0 amide bonds. The monoisotopic (exact) mass is 272 g/mol. The van der Waals surface area contributed by atoms with Crippen LogP contribution in [0.5, 0.6) is 0 Å². The normalized spacial score (nSPS) is 28.6. The molecule has 0 bridgehead atoms. The third-order valence-electron chi connectivity index (χ3n) is 5.16. The van der Waals surface area contributed by atoms with Gasteiger partial charge in [0.2, 0.25) is 0 Å². The van der Waals surface area contributed by atoms with Crippen LogP contribution in [0.25, 0.3) is 0 Å². The Hall–Kier alpha value is -0.860. The average Bonchev–Trinajstić information content (AvgIpc) is 2.81. The molecule has 0 saturated carbocycles. The highest BCUT2D eigenvalue weighted by Crippen LogP contribution is 2.30. The van der Waals surface area contributed by atoms with E-state index >= 15 is 0 Å². The summed E-state index contributed by atoms with van der Waals surface area (Å²) in [6.07, 6.45) is 2.47. The van der Waals surface area contributed by atoms with Crippen molar-refractivity contribution in [2.75, 3.05) is 13.1 Å². The molecule has 1 heterocycles. The van der Waals surface area contributed by atoms with Crippen LogP contribution in [0, 0.1) is 5.41 Å². The molecular weight excluding hydrogens is 244 g/mol. The van der Waals surface area contributed by atoms with Crippen LogP contribution < -0.4 is 5.32 Å². The van der Waals surface area contributed by atoms with E-state index in [1.807, 2.05) is 0 Å². The number of fused-ring (bicyclic) bond motifs is 1. The number of nitrogens with zero attached hydrogens (tertiary/aromatic N) is 1. The van der Waals surface area contributed by atoms with Gasteiger partial charge in [0.05, 0.1) is 0 Å². The van der Waals surface area contributed by atoms with Crippen LogP contribution >= 0.6 is 0 Å². The summed E-state index contributed by atoms with van der Waals surface area (Å²) >= 11 is 0. The first-order valence-electron chi connectivity index (χ1n) is 8.01. The Morgan fingerprint density at radius 1 is 1.10 bits per heavy atom. The molecule has 1 N–H and O–H groups in total. The lowest BCUT2D eigenvalue weighted by Gasteiger charge is -2.46. The van der Waals surface area contributed by atoms with Crippen molar-refractivity contribution >= 4 is 0 Å². The van der Waals surface area contributed by atoms with E-state index in [9.17, 15) is 0 Å². The Bertz CT molecular complexity index is 450. The number of hydrogen-bond donors (Lipinski definition) is 1. The van der Waals surface area contributed by atoms with Crippen molar-refractivity contribution in [2.45, 2.75) is 58.7 Å². The van der Waals surface area contributed by atoms with Crippen molar-refractivity contribution in [3.05, 3.63) is 35.4 Å². The second kappa shape index (κ2) is 5.16. The Balaban J connectivity index is 1.74. The lowest BCUT2D eigenvalue weighted by Crippen LogP contribution is -2.62. The minimum Gasteiger partial charge on any atom is -0.311 e. The predicted molar refractivity (Wildman–Crippen MR) is 85.1 cm³/mol. The summed E-state index contributed by atoms with van der Waals surface area (Å²) in [4.78, 5) is 2.76. The van der Waals surface area contributed by atoms with E-state index in [2.05, 4.69) is 62.2 Å². The van der Waals surface area contributed by atoms with E-state index in [-0.39, 0.29) is 0 Å². The fourth-order valence-corrected chi connectivity index (χ4v) is 3.74. The van der Waals surface area contributed by atoms with Gasteiger partial charge in [0.15, 0.2) is 0 Å². The summed E-state index contributed by atoms with van der Waals surface area (Å²) in [5.74, 6) is 0. The molecule has 1 aromatic carbocycles. The molecule has 1 saturated heterocycles. The molecule has 1 aliphatic heterocycles. The van der Waals surface area contributed by atoms with Gasteiger partial charge >= 0.3 is 0 Å². The van der Waals surface area contributed by atoms with E-state index in [4.69, 9.17) is 0 Å². The van der Waals surface area contributed by atoms with Gasteiger partial charge in [-0.05, 0) is 36.3 Å². The maximum absolute atomic E-state index is 3.74. The zero-order valence-electron chi connectivity index (χ0n) is 13.3. The second-order valence-electron chi connectivity index (χ2n) is 7.70. The topological polar surface area (TPSA) is 15.3 Å². The first-order chi connectivity index (χ1) is 9.45. The van der Waals surface area contributed by atoms with Gasteiger partial charge in [0.1, 0.15) is 0 Å². The van der Waals surface area contributed by atoms with Gasteiger partial charge in [0.25, 0.3) is 0 Å². The van der Waals surface area contributed by atoms with Crippen LogP contribution in [-0.4, -0.2) is 36.1 Å². The van der Waals surface area contributed by atoms with Crippen LogP contribution in [-0.2, 0) is 12.8 Å². The third kappa shape index (κ3) is 2.64. The predicted octanol–water partition coefficient (Wildman–Crippen LogP) is 2.86. The fraction of sp³-hybridized carbons (Fsp3) is 0.667. The van der Waals surface area contributed by atoms with Crippen molar-refractivity contribution in [1.29, 1.82) is 0 Å².